The van der Waals surface area contributed by atoms with Gasteiger partial charge in [0, 0.05) is 17.5 Å². The Morgan fingerprint density at radius 3 is 2.60 bits per heavy atom. The zero-order chi connectivity index (χ0) is 29.3. The second-order valence-corrected chi connectivity index (χ2v) is 10.3. The van der Waals surface area contributed by atoms with Crippen LogP contribution < -0.4 is 21.5 Å². The number of benzene rings is 1. The predicted molar refractivity (Wildman–Crippen MR) is 143 cm³/mol. The number of amides is 2. The number of nitrogens with zero attached hydrogens (tertiary/aromatic N) is 4. The summed E-state index contributed by atoms with van der Waals surface area (Å²) in [5, 5.41) is 8.04. The lowest BCUT2D eigenvalue weighted by Gasteiger charge is -2.42. The molecule has 1 aliphatic heterocycles. The highest BCUT2D eigenvalue weighted by molar-refractivity contribution is 7.84. The summed E-state index contributed by atoms with van der Waals surface area (Å²) in [6.07, 6.45) is 0. The van der Waals surface area contributed by atoms with Gasteiger partial charge >= 0.3 is 10.3 Å². The molecular weight excluding hydrogens is 570 g/mol. The number of anilines is 1. The van der Waals surface area contributed by atoms with Crippen LogP contribution in [0.4, 0.5) is 5.13 Å². The summed E-state index contributed by atoms with van der Waals surface area (Å²) in [6, 6.07) is 5.90. The molecule has 216 valence electrons. The van der Waals surface area contributed by atoms with Crippen molar-refractivity contribution in [1.82, 2.24) is 14.6 Å². The Labute approximate surface area is 232 Å². The quantitative estimate of drug-likeness (QED) is 0.0374. The average molecular weight is 598 g/mol. The van der Waals surface area contributed by atoms with Gasteiger partial charge in [-0.05, 0) is 31.2 Å². The fourth-order valence-electron chi connectivity index (χ4n) is 3.51. The van der Waals surface area contributed by atoms with Crippen LogP contribution >= 0.6 is 11.3 Å². The third kappa shape index (κ3) is 7.87. The topological polar surface area (TPSA) is 238 Å². The molecule has 3 rings (SSSR count). The minimum atomic E-state index is -4.67. The first-order valence-corrected chi connectivity index (χ1v) is 13.9. The van der Waals surface area contributed by atoms with Crippen molar-refractivity contribution in [3.05, 3.63) is 40.9 Å². The highest BCUT2D eigenvalue weighted by atomic mass is 32.2. The van der Waals surface area contributed by atoms with Crippen molar-refractivity contribution >= 4 is 56.6 Å². The first-order chi connectivity index (χ1) is 19.0. The van der Waals surface area contributed by atoms with Gasteiger partial charge in [-0.2, -0.15) is 8.42 Å². The number of carbonyl (C=O) groups excluding carboxylic acids is 3. The zero-order valence-electron chi connectivity index (χ0n) is 21.1. The number of β-lactam (4-membered cyclic amide) rings is 1. The second kappa shape index (κ2) is 13.7. The van der Waals surface area contributed by atoms with Crippen LogP contribution in [0.15, 0.2) is 39.8 Å². The Morgan fingerprint density at radius 2 is 2.00 bits per heavy atom. The van der Waals surface area contributed by atoms with Crippen molar-refractivity contribution < 1.29 is 41.7 Å². The number of nitrogens with two attached hydrogens (primary N) is 2. The molecule has 0 bridgehead atoms. The Morgan fingerprint density at radius 1 is 1.27 bits per heavy atom. The molecule has 1 saturated heterocycles. The van der Waals surface area contributed by atoms with Gasteiger partial charge in [-0.25, -0.2) is 9.29 Å². The summed E-state index contributed by atoms with van der Waals surface area (Å²) < 4.78 is 42.1. The largest absolute Gasteiger partial charge is 0.490 e. The number of hydrogen-bond acceptors (Lipinski definition) is 13. The molecule has 2 heterocycles. The first-order valence-electron chi connectivity index (χ1n) is 11.6. The molecule has 2 aromatic rings. The molecular formula is C22H27N7O9S2. The van der Waals surface area contributed by atoms with Gasteiger partial charge in [0.25, 0.3) is 12.4 Å². The number of aliphatic imine (C=N–C) groups is 1. The Kier molecular flexibility index (Phi) is 10.3. The lowest BCUT2D eigenvalue weighted by atomic mass is 9.92. The van der Waals surface area contributed by atoms with Crippen LogP contribution in [0.1, 0.15) is 18.2 Å². The van der Waals surface area contributed by atoms with Crippen LogP contribution in [0.25, 0.3) is 0 Å². The fraction of sp³-hybridized carbons (Fsp3) is 0.364. The van der Waals surface area contributed by atoms with Crippen molar-refractivity contribution in [3.8, 4) is 5.75 Å². The molecule has 1 aromatic heterocycles. The van der Waals surface area contributed by atoms with Crippen LogP contribution in [0, 0.1) is 5.92 Å². The summed E-state index contributed by atoms with van der Waals surface area (Å²) in [7, 11) is -4.67. The van der Waals surface area contributed by atoms with Gasteiger partial charge in [-0.1, -0.05) is 5.16 Å². The van der Waals surface area contributed by atoms with E-state index in [1.165, 1.54) is 12.3 Å². The molecule has 40 heavy (non-hydrogen) atoms. The van der Waals surface area contributed by atoms with Crippen molar-refractivity contribution in [3.63, 3.8) is 0 Å². The number of carbonyl (C=O) groups is 3. The van der Waals surface area contributed by atoms with Crippen molar-refractivity contribution in [2.45, 2.75) is 13.0 Å². The number of hydrogen-bond donors (Lipinski definition) is 4. The second-order valence-electron chi connectivity index (χ2n) is 8.12. The van der Waals surface area contributed by atoms with E-state index >= 15 is 0 Å². The van der Waals surface area contributed by atoms with Crippen molar-refractivity contribution in [2.75, 3.05) is 38.6 Å². The molecule has 0 aliphatic carbocycles. The molecule has 0 radical (unpaired) electrons. The van der Waals surface area contributed by atoms with Crippen LogP contribution in [0.5, 0.6) is 5.75 Å². The van der Waals surface area contributed by atoms with E-state index < -0.39 is 34.1 Å². The van der Waals surface area contributed by atoms with E-state index in [1.54, 1.807) is 24.3 Å². The van der Waals surface area contributed by atoms with E-state index in [0.29, 0.717) is 22.1 Å². The minimum Gasteiger partial charge on any atom is -0.490 e. The van der Waals surface area contributed by atoms with E-state index in [0.717, 1.165) is 11.3 Å². The number of oxime groups is 1. The maximum atomic E-state index is 12.8. The summed E-state index contributed by atoms with van der Waals surface area (Å²) >= 11 is 1.08. The van der Waals surface area contributed by atoms with Gasteiger partial charge in [-0.3, -0.25) is 23.9 Å². The normalized spacial score (nSPS) is 17.6. The summed E-state index contributed by atoms with van der Waals surface area (Å²) in [5.74, 6) is -1.64. The number of amidine groups is 1. The van der Waals surface area contributed by atoms with Crippen LogP contribution in [-0.2, 0) is 34.3 Å². The number of nitrogens with one attached hydrogen (secondary N) is 1. The van der Waals surface area contributed by atoms with E-state index in [9.17, 15) is 22.8 Å². The molecule has 16 nitrogen and oxygen atoms in total. The molecule has 1 aromatic carbocycles. The summed E-state index contributed by atoms with van der Waals surface area (Å²) in [6.45, 7) is 1.95. The number of ether oxygens (including phenoxy) is 2. The van der Waals surface area contributed by atoms with Gasteiger partial charge < -0.3 is 31.1 Å². The molecule has 0 spiro atoms. The van der Waals surface area contributed by atoms with Crippen LogP contribution in [-0.4, -0.2) is 91.0 Å². The number of rotatable bonds is 15. The molecule has 2 amide bonds. The van der Waals surface area contributed by atoms with Gasteiger partial charge in [-0.15, -0.1) is 11.3 Å². The van der Waals surface area contributed by atoms with Gasteiger partial charge in [0.2, 0.25) is 5.91 Å². The molecule has 2 atom stereocenters. The molecule has 18 heteroatoms. The molecule has 1 unspecified atom stereocenters. The van der Waals surface area contributed by atoms with Crippen molar-refractivity contribution in [1.29, 1.82) is 0 Å². The van der Waals surface area contributed by atoms with E-state index in [2.05, 4.69) is 25.2 Å². The summed E-state index contributed by atoms with van der Waals surface area (Å²) in [5.41, 5.74) is 12.1. The van der Waals surface area contributed by atoms with E-state index in [4.69, 9.17) is 25.6 Å². The molecule has 0 saturated carbocycles. The minimum absolute atomic E-state index is 0.0417. The highest BCUT2D eigenvalue weighted by Crippen LogP contribution is 2.28. The third-order valence-corrected chi connectivity index (χ3v) is 7.19. The standard InChI is InChI=1S/C22H27N7O9S2/c1-13-16(21(32)29(13)40(33,34)35)10-26-20(31)18(17-11-39-22(24)27-17)28-38-9-8-37-15-4-2-14(3-5-15)19(23)25-6-7-36-12-30/h2-5,11-13,16H,6-10H2,1H3,(H2,23,25)(H2,24,27)(H,26,31)(H,33,34,35)/b28-18-/t13-,16?/m0/s1. The monoisotopic (exact) mass is 597 g/mol. The highest BCUT2D eigenvalue weighted by Gasteiger charge is 2.50. The number of thiazole rings is 1. The van der Waals surface area contributed by atoms with Gasteiger partial charge in [0.15, 0.2) is 17.5 Å². The van der Waals surface area contributed by atoms with Crippen LogP contribution in [0.2, 0.25) is 0 Å². The predicted octanol–water partition coefficient (Wildman–Crippen LogP) is -0.831. The number of nitrogen functional groups attached to an aromatic ring is 1. The van der Waals surface area contributed by atoms with Crippen LogP contribution in [0.3, 0.4) is 0 Å². The van der Waals surface area contributed by atoms with E-state index in [1.807, 2.05) is 0 Å². The third-order valence-electron chi connectivity index (χ3n) is 5.51. The summed E-state index contributed by atoms with van der Waals surface area (Å²) in [4.78, 5) is 48.4. The first kappa shape index (κ1) is 30.3. The Bertz CT molecular complexity index is 1380. The number of aromatic nitrogens is 1. The van der Waals surface area contributed by atoms with Crippen molar-refractivity contribution in [2.24, 2.45) is 21.8 Å². The zero-order valence-corrected chi connectivity index (χ0v) is 22.8. The van der Waals surface area contributed by atoms with Gasteiger partial charge in [0.05, 0.1) is 18.5 Å². The average Bonchev–Trinajstić information content (AvgIpc) is 3.33. The Balaban J connectivity index is 1.52. The smallest absolute Gasteiger partial charge is 0.362 e. The molecule has 1 fully saturated rings. The fourth-order valence-corrected chi connectivity index (χ4v) is 4.99. The van der Waals surface area contributed by atoms with Gasteiger partial charge in [0.1, 0.15) is 30.5 Å². The maximum absolute atomic E-state index is 12.8. The Hall–Kier alpha value is -4.29. The maximum Gasteiger partial charge on any atom is 0.362 e. The lowest BCUT2D eigenvalue weighted by molar-refractivity contribution is -0.145. The molecule has 1 aliphatic rings. The molecule has 6 N–H and O–H groups in total. The van der Waals surface area contributed by atoms with E-state index in [-0.39, 0.29) is 55.3 Å². The lowest BCUT2D eigenvalue weighted by Crippen LogP contribution is -2.64. The SMILES string of the molecule is C[C@H]1C(CNC(=O)/C(=N\OCCOc2ccc(C(N)=NCCOC=O)cc2)c2csc(N)n2)C(=O)N1S(=O)(=O)O.